The van der Waals surface area contributed by atoms with E-state index in [4.69, 9.17) is 0 Å². The predicted octanol–water partition coefficient (Wildman–Crippen LogP) is 3.20. The minimum atomic E-state index is -4.08. The van der Waals surface area contributed by atoms with Crippen LogP contribution in [0.15, 0.2) is 0 Å². The standard InChI is InChI=1S/C11H18F3NS/c1-9(2)5-8(6-16-7-9)15-10(3-4-10)11(12,13)14/h8,15H,3-7H2,1-2H3. The first-order chi connectivity index (χ1) is 7.24. The molecule has 0 radical (unpaired) electrons. The lowest BCUT2D eigenvalue weighted by molar-refractivity contribution is -0.168. The Balaban J connectivity index is 1.95. The van der Waals surface area contributed by atoms with Crippen LogP contribution < -0.4 is 5.32 Å². The van der Waals surface area contributed by atoms with E-state index in [9.17, 15) is 13.2 Å². The molecule has 0 amide bonds. The van der Waals surface area contributed by atoms with Gasteiger partial charge < -0.3 is 0 Å². The van der Waals surface area contributed by atoms with Gasteiger partial charge in [0.15, 0.2) is 0 Å². The summed E-state index contributed by atoms with van der Waals surface area (Å²) < 4.78 is 38.3. The average Bonchev–Trinajstić information content (AvgIpc) is 2.81. The minimum absolute atomic E-state index is 0.0119. The van der Waals surface area contributed by atoms with Gasteiger partial charge >= 0.3 is 6.18 Å². The van der Waals surface area contributed by atoms with Crippen molar-refractivity contribution in [2.45, 2.75) is 50.9 Å². The molecule has 1 saturated heterocycles. The summed E-state index contributed by atoms with van der Waals surface area (Å²) in [5.74, 6) is 1.85. The van der Waals surface area contributed by atoms with Crippen LogP contribution in [0.25, 0.3) is 0 Å². The largest absolute Gasteiger partial charge is 0.406 e. The molecule has 1 aliphatic carbocycles. The Morgan fingerprint density at radius 2 is 1.88 bits per heavy atom. The van der Waals surface area contributed by atoms with E-state index in [0.717, 1.165) is 17.9 Å². The number of nitrogens with one attached hydrogen (secondary N) is 1. The molecular formula is C11H18F3NS. The smallest absolute Gasteiger partial charge is 0.300 e. The quantitative estimate of drug-likeness (QED) is 0.811. The zero-order valence-corrected chi connectivity index (χ0v) is 10.5. The van der Waals surface area contributed by atoms with Crippen LogP contribution in [0.3, 0.4) is 0 Å². The molecular weight excluding hydrogens is 235 g/mol. The van der Waals surface area contributed by atoms with E-state index in [1.165, 1.54) is 0 Å². The van der Waals surface area contributed by atoms with Gasteiger partial charge in [0.05, 0.1) is 0 Å². The molecule has 1 aliphatic heterocycles. The van der Waals surface area contributed by atoms with E-state index in [1.807, 2.05) is 0 Å². The molecule has 1 unspecified atom stereocenters. The summed E-state index contributed by atoms with van der Waals surface area (Å²) in [5, 5.41) is 2.86. The first kappa shape index (κ1) is 12.6. The number of thioether (sulfide) groups is 1. The first-order valence-corrected chi connectivity index (χ1v) is 6.82. The second kappa shape index (κ2) is 3.80. The lowest BCUT2D eigenvalue weighted by Crippen LogP contribution is -2.53. The highest BCUT2D eigenvalue weighted by atomic mass is 32.2. The maximum absolute atomic E-state index is 12.8. The average molecular weight is 253 g/mol. The topological polar surface area (TPSA) is 12.0 Å². The Bertz CT molecular complexity index is 271. The molecule has 0 aromatic heterocycles. The maximum atomic E-state index is 12.8. The van der Waals surface area contributed by atoms with Crippen molar-refractivity contribution in [3.05, 3.63) is 0 Å². The van der Waals surface area contributed by atoms with Crippen molar-refractivity contribution in [2.75, 3.05) is 11.5 Å². The molecule has 0 bridgehead atoms. The molecule has 16 heavy (non-hydrogen) atoms. The van der Waals surface area contributed by atoms with E-state index in [0.29, 0.717) is 0 Å². The fourth-order valence-electron chi connectivity index (χ4n) is 2.38. The number of hydrogen-bond acceptors (Lipinski definition) is 2. The molecule has 94 valence electrons. The van der Waals surface area contributed by atoms with Gasteiger partial charge in [-0.2, -0.15) is 24.9 Å². The van der Waals surface area contributed by atoms with Crippen molar-refractivity contribution >= 4 is 11.8 Å². The molecule has 0 spiro atoms. The second-order valence-electron chi connectivity index (χ2n) is 5.80. The summed E-state index contributed by atoms with van der Waals surface area (Å²) in [7, 11) is 0. The summed E-state index contributed by atoms with van der Waals surface area (Å²) in [5.41, 5.74) is -1.39. The van der Waals surface area contributed by atoms with Gasteiger partial charge in [-0.15, -0.1) is 0 Å². The zero-order chi connectivity index (χ0) is 12.0. The SMILES string of the molecule is CC1(C)CSCC(NC2(C(F)(F)F)CC2)C1. The van der Waals surface area contributed by atoms with E-state index < -0.39 is 11.7 Å². The third-order valence-electron chi connectivity index (χ3n) is 3.38. The molecule has 1 N–H and O–H groups in total. The van der Waals surface area contributed by atoms with Gasteiger partial charge in [-0.05, 0) is 30.4 Å². The Labute approximate surface area is 98.5 Å². The third kappa shape index (κ3) is 2.50. The maximum Gasteiger partial charge on any atom is 0.406 e. The molecule has 5 heteroatoms. The lowest BCUT2D eigenvalue weighted by atomic mass is 9.87. The summed E-state index contributed by atoms with van der Waals surface area (Å²) in [6.45, 7) is 4.25. The summed E-state index contributed by atoms with van der Waals surface area (Å²) in [4.78, 5) is 0. The molecule has 1 atom stereocenters. The van der Waals surface area contributed by atoms with E-state index in [2.05, 4.69) is 19.2 Å². The molecule has 0 aromatic carbocycles. The van der Waals surface area contributed by atoms with Crippen molar-refractivity contribution in [1.29, 1.82) is 0 Å². The predicted molar refractivity (Wildman–Crippen MR) is 60.7 cm³/mol. The van der Waals surface area contributed by atoms with Gasteiger partial charge in [-0.1, -0.05) is 13.8 Å². The van der Waals surface area contributed by atoms with Crippen molar-refractivity contribution < 1.29 is 13.2 Å². The second-order valence-corrected chi connectivity index (χ2v) is 6.83. The highest BCUT2D eigenvalue weighted by molar-refractivity contribution is 7.99. The van der Waals surface area contributed by atoms with Gasteiger partial charge in [0, 0.05) is 11.8 Å². The number of alkyl halides is 3. The van der Waals surface area contributed by atoms with E-state index in [1.54, 1.807) is 11.8 Å². The van der Waals surface area contributed by atoms with Crippen molar-refractivity contribution in [2.24, 2.45) is 5.41 Å². The van der Waals surface area contributed by atoms with E-state index >= 15 is 0 Å². The van der Waals surface area contributed by atoms with Gasteiger partial charge in [-0.3, -0.25) is 5.32 Å². The molecule has 2 rings (SSSR count). The first-order valence-electron chi connectivity index (χ1n) is 5.66. The van der Waals surface area contributed by atoms with Gasteiger partial charge in [0.25, 0.3) is 0 Å². The Kier molecular flexibility index (Phi) is 2.98. The number of rotatable bonds is 2. The number of halogens is 3. The molecule has 1 heterocycles. The summed E-state index contributed by atoms with van der Waals surface area (Å²) in [6.07, 6.45) is -2.74. The van der Waals surface area contributed by atoms with Crippen LogP contribution in [0.2, 0.25) is 0 Å². The summed E-state index contributed by atoms with van der Waals surface area (Å²) >= 11 is 1.76. The fourth-order valence-corrected chi connectivity index (χ4v) is 3.65. The van der Waals surface area contributed by atoms with Crippen LogP contribution in [0.1, 0.15) is 33.1 Å². The fraction of sp³-hybridized carbons (Fsp3) is 1.00. The van der Waals surface area contributed by atoms with Crippen molar-refractivity contribution in [3.63, 3.8) is 0 Å². The number of hydrogen-bond donors (Lipinski definition) is 1. The molecule has 2 fully saturated rings. The van der Waals surface area contributed by atoms with Crippen LogP contribution in [0.5, 0.6) is 0 Å². The Morgan fingerprint density at radius 3 is 2.31 bits per heavy atom. The van der Waals surface area contributed by atoms with Gasteiger partial charge in [0.2, 0.25) is 0 Å². The van der Waals surface area contributed by atoms with Crippen LogP contribution >= 0.6 is 11.8 Å². The van der Waals surface area contributed by atoms with Gasteiger partial charge in [-0.25, -0.2) is 0 Å². The Hall–Kier alpha value is 0.100. The minimum Gasteiger partial charge on any atom is -0.300 e. The Morgan fingerprint density at radius 1 is 1.25 bits per heavy atom. The molecule has 1 saturated carbocycles. The van der Waals surface area contributed by atoms with Gasteiger partial charge in [0.1, 0.15) is 5.54 Å². The lowest BCUT2D eigenvalue weighted by Gasteiger charge is -2.37. The highest BCUT2D eigenvalue weighted by Gasteiger charge is 2.63. The van der Waals surface area contributed by atoms with Crippen LogP contribution in [0, 0.1) is 5.41 Å². The van der Waals surface area contributed by atoms with Crippen molar-refractivity contribution in [3.8, 4) is 0 Å². The zero-order valence-electron chi connectivity index (χ0n) is 9.66. The van der Waals surface area contributed by atoms with Crippen LogP contribution in [-0.2, 0) is 0 Å². The van der Waals surface area contributed by atoms with Crippen LogP contribution in [-0.4, -0.2) is 29.3 Å². The molecule has 2 aliphatic rings. The van der Waals surface area contributed by atoms with E-state index in [-0.39, 0.29) is 24.3 Å². The molecule has 1 nitrogen and oxygen atoms in total. The monoisotopic (exact) mass is 253 g/mol. The highest BCUT2D eigenvalue weighted by Crippen LogP contribution is 2.50. The normalized spacial score (nSPS) is 32.4. The van der Waals surface area contributed by atoms with Crippen LogP contribution in [0.4, 0.5) is 13.2 Å². The summed E-state index contributed by atoms with van der Waals surface area (Å²) in [6, 6.07) is 0.0119. The molecule has 0 aromatic rings. The third-order valence-corrected chi connectivity index (χ3v) is 5.01. The van der Waals surface area contributed by atoms with Crippen molar-refractivity contribution in [1.82, 2.24) is 5.32 Å².